The summed E-state index contributed by atoms with van der Waals surface area (Å²) in [6.07, 6.45) is 13.0. The third-order valence-electron chi connectivity index (χ3n) is 5.93. The molecule has 0 unspecified atom stereocenters. The van der Waals surface area contributed by atoms with Gasteiger partial charge in [0.1, 0.15) is 5.82 Å². The second-order valence-corrected chi connectivity index (χ2v) is 7.07. The monoisotopic (exact) mass is 286 g/mol. The second-order valence-electron chi connectivity index (χ2n) is 7.07. The van der Waals surface area contributed by atoms with Crippen LogP contribution in [0.2, 0.25) is 0 Å². The molecule has 21 heavy (non-hydrogen) atoms. The highest BCUT2D eigenvalue weighted by Crippen LogP contribution is 2.43. The number of benzene rings is 1. The minimum atomic E-state index is -0.119. The number of hydrogen-bond acceptors (Lipinski definition) is 0. The standard InChI is InChI=1S/C20H27F/c1-2-15-3-5-16(6-4-15)17-7-9-18(10-8-17)19-11-13-20(21)14-12-19/h2,11-18H,1,3-10H2/t15-,16-,17?,18?. The van der Waals surface area contributed by atoms with E-state index in [0.29, 0.717) is 5.92 Å². The Balaban J connectivity index is 1.51. The smallest absolute Gasteiger partial charge is 0.123 e. The summed E-state index contributed by atoms with van der Waals surface area (Å²) >= 11 is 0. The molecule has 1 heteroatoms. The van der Waals surface area contributed by atoms with Crippen molar-refractivity contribution < 1.29 is 4.39 Å². The molecule has 2 saturated carbocycles. The molecule has 0 spiro atoms. The molecule has 0 radical (unpaired) electrons. The van der Waals surface area contributed by atoms with E-state index in [1.807, 2.05) is 12.1 Å². The van der Waals surface area contributed by atoms with Gasteiger partial charge in [0.25, 0.3) is 0 Å². The zero-order valence-electron chi connectivity index (χ0n) is 12.9. The largest absolute Gasteiger partial charge is 0.207 e. The van der Waals surface area contributed by atoms with Crippen LogP contribution in [0.4, 0.5) is 4.39 Å². The lowest BCUT2D eigenvalue weighted by Gasteiger charge is -2.37. The van der Waals surface area contributed by atoms with Crippen molar-refractivity contribution in [2.45, 2.75) is 57.3 Å². The molecule has 0 atom stereocenters. The maximum absolute atomic E-state index is 13.0. The predicted octanol–water partition coefficient (Wildman–Crippen LogP) is 6.09. The number of hydrogen-bond donors (Lipinski definition) is 0. The maximum atomic E-state index is 13.0. The van der Waals surface area contributed by atoms with Gasteiger partial charge in [-0.05, 0) is 92.7 Å². The van der Waals surface area contributed by atoms with Crippen LogP contribution in [0.25, 0.3) is 0 Å². The van der Waals surface area contributed by atoms with Crippen molar-refractivity contribution in [3.63, 3.8) is 0 Å². The first kappa shape index (κ1) is 14.8. The van der Waals surface area contributed by atoms with Crippen molar-refractivity contribution in [1.82, 2.24) is 0 Å². The molecule has 0 nitrogen and oxygen atoms in total. The molecule has 114 valence electrons. The lowest BCUT2D eigenvalue weighted by Crippen LogP contribution is -2.25. The molecule has 3 rings (SSSR count). The average molecular weight is 286 g/mol. The van der Waals surface area contributed by atoms with Gasteiger partial charge in [0.15, 0.2) is 0 Å². The van der Waals surface area contributed by atoms with Crippen molar-refractivity contribution in [1.29, 1.82) is 0 Å². The number of rotatable bonds is 3. The third-order valence-corrected chi connectivity index (χ3v) is 5.93. The molecule has 0 heterocycles. The Labute approximate surface area is 128 Å². The van der Waals surface area contributed by atoms with Gasteiger partial charge >= 0.3 is 0 Å². The number of allylic oxidation sites excluding steroid dienone is 1. The second kappa shape index (κ2) is 6.77. The molecule has 0 saturated heterocycles. The van der Waals surface area contributed by atoms with Crippen LogP contribution in [0.5, 0.6) is 0 Å². The SMILES string of the molecule is C=C[C@H]1CC[C@H](C2CCC(c3ccc(F)cc3)CC2)CC1. The first-order valence-electron chi connectivity index (χ1n) is 8.64. The van der Waals surface area contributed by atoms with Crippen LogP contribution in [0, 0.1) is 23.6 Å². The van der Waals surface area contributed by atoms with E-state index in [1.165, 1.54) is 56.9 Å². The Hall–Kier alpha value is -1.11. The molecule has 1 aromatic carbocycles. The minimum absolute atomic E-state index is 0.119. The van der Waals surface area contributed by atoms with Gasteiger partial charge in [-0.3, -0.25) is 0 Å². The van der Waals surface area contributed by atoms with Gasteiger partial charge in [-0.2, -0.15) is 0 Å². The van der Waals surface area contributed by atoms with E-state index in [2.05, 4.69) is 12.7 Å². The molecule has 0 bridgehead atoms. The first-order valence-corrected chi connectivity index (χ1v) is 8.64. The van der Waals surface area contributed by atoms with Crippen LogP contribution in [0.15, 0.2) is 36.9 Å². The zero-order valence-corrected chi connectivity index (χ0v) is 12.9. The predicted molar refractivity (Wildman–Crippen MR) is 86.7 cm³/mol. The van der Waals surface area contributed by atoms with Gasteiger partial charge in [0, 0.05) is 0 Å². The highest BCUT2D eigenvalue weighted by molar-refractivity contribution is 5.21. The highest BCUT2D eigenvalue weighted by atomic mass is 19.1. The Kier molecular flexibility index (Phi) is 4.77. The molecule has 2 fully saturated rings. The Morgan fingerprint density at radius 2 is 1.33 bits per heavy atom. The van der Waals surface area contributed by atoms with Crippen molar-refractivity contribution in [2.24, 2.45) is 17.8 Å². The van der Waals surface area contributed by atoms with Crippen molar-refractivity contribution in [3.05, 3.63) is 48.3 Å². The van der Waals surface area contributed by atoms with Crippen LogP contribution in [-0.4, -0.2) is 0 Å². The van der Waals surface area contributed by atoms with E-state index in [4.69, 9.17) is 0 Å². The van der Waals surface area contributed by atoms with Crippen LogP contribution in [0.3, 0.4) is 0 Å². The molecule has 2 aliphatic carbocycles. The van der Waals surface area contributed by atoms with E-state index in [9.17, 15) is 4.39 Å². The highest BCUT2D eigenvalue weighted by Gasteiger charge is 2.30. The van der Waals surface area contributed by atoms with Gasteiger partial charge in [0.2, 0.25) is 0 Å². The molecule has 1 aromatic rings. The van der Waals surface area contributed by atoms with Crippen LogP contribution in [-0.2, 0) is 0 Å². The first-order chi connectivity index (χ1) is 10.3. The van der Waals surface area contributed by atoms with Crippen molar-refractivity contribution in [3.8, 4) is 0 Å². The molecular weight excluding hydrogens is 259 g/mol. The molecule has 0 aliphatic heterocycles. The summed E-state index contributed by atoms with van der Waals surface area (Å²) in [4.78, 5) is 0. The summed E-state index contributed by atoms with van der Waals surface area (Å²) in [5.41, 5.74) is 1.34. The van der Waals surface area contributed by atoms with Gasteiger partial charge in [0.05, 0.1) is 0 Å². The topological polar surface area (TPSA) is 0 Å². The van der Waals surface area contributed by atoms with Crippen LogP contribution >= 0.6 is 0 Å². The summed E-state index contributed by atoms with van der Waals surface area (Å²) in [5, 5.41) is 0. The lowest BCUT2D eigenvalue weighted by atomic mass is 9.68. The van der Waals surface area contributed by atoms with Crippen molar-refractivity contribution in [2.75, 3.05) is 0 Å². The molecule has 0 aromatic heterocycles. The van der Waals surface area contributed by atoms with Crippen molar-refractivity contribution >= 4 is 0 Å². The summed E-state index contributed by atoms with van der Waals surface area (Å²) in [6.45, 7) is 3.94. The molecule has 0 amide bonds. The molecular formula is C20H27F. The minimum Gasteiger partial charge on any atom is -0.207 e. The normalized spacial score (nSPS) is 33.6. The van der Waals surface area contributed by atoms with Gasteiger partial charge in [-0.25, -0.2) is 4.39 Å². The van der Waals surface area contributed by atoms with Gasteiger partial charge < -0.3 is 0 Å². The fraction of sp³-hybridized carbons (Fsp3) is 0.600. The Morgan fingerprint density at radius 1 is 0.810 bits per heavy atom. The summed E-state index contributed by atoms with van der Waals surface area (Å²) in [6, 6.07) is 7.18. The molecule has 0 N–H and O–H groups in total. The Bertz CT molecular complexity index is 445. The summed E-state index contributed by atoms with van der Waals surface area (Å²) in [5.74, 6) is 3.21. The number of halogens is 1. The maximum Gasteiger partial charge on any atom is 0.123 e. The lowest BCUT2D eigenvalue weighted by molar-refractivity contribution is 0.171. The fourth-order valence-electron chi connectivity index (χ4n) is 4.51. The quantitative estimate of drug-likeness (QED) is 0.590. The van der Waals surface area contributed by atoms with Crippen LogP contribution in [0.1, 0.15) is 62.8 Å². The van der Waals surface area contributed by atoms with E-state index in [-0.39, 0.29) is 5.82 Å². The summed E-state index contributed by atoms with van der Waals surface area (Å²) in [7, 11) is 0. The Morgan fingerprint density at radius 3 is 1.86 bits per heavy atom. The van der Waals surface area contributed by atoms with Crippen LogP contribution < -0.4 is 0 Å². The van der Waals surface area contributed by atoms with E-state index >= 15 is 0 Å². The third kappa shape index (κ3) is 3.56. The van der Waals surface area contributed by atoms with E-state index in [0.717, 1.165) is 17.8 Å². The van der Waals surface area contributed by atoms with Gasteiger partial charge in [-0.15, -0.1) is 6.58 Å². The summed E-state index contributed by atoms with van der Waals surface area (Å²) < 4.78 is 13.0. The van der Waals surface area contributed by atoms with E-state index in [1.54, 1.807) is 12.1 Å². The van der Waals surface area contributed by atoms with E-state index < -0.39 is 0 Å². The fourth-order valence-corrected chi connectivity index (χ4v) is 4.51. The molecule has 2 aliphatic rings. The van der Waals surface area contributed by atoms with Gasteiger partial charge in [-0.1, -0.05) is 18.2 Å². The average Bonchev–Trinajstić information content (AvgIpc) is 2.56. The zero-order chi connectivity index (χ0) is 14.7.